The summed E-state index contributed by atoms with van der Waals surface area (Å²) in [6.45, 7) is 0.806. The highest BCUT2D eigenvalue weighted by Crippen LogP contribution is 2.29. The highest BCUT2D eigenvalue weighted by Gasteiger charge is 2.35. The van der Waals surface area contributed by atoms with Gasteiger partial charge in [0.1, 0.15) is 11.9 Å². The summed E-state index contributed by atoms with van der Waals surface area (Å²) >= 11 is 0. The molecule has 0 aromatic heterocycles. The zero-order valence-electron chi connectivity index (χ0n) is 28.9. The number of allylic oxidation sites excluding steroid dienone is 2. The van der Waals surface area contributed by atoms with Gasteiger partial charge in [0.25, 0.3) is 5.91 Å². The van der Waals surface area contributed by atoms with Gasteiger partial charge in [-0.1, -0.05) is 66.7 Å². The molecule has 0 unspecified atom stereocenters. The molecule has 1 heterocycles. The van der Waals surface area contributed by atoms with Crippen LogP contribution in [0.1, 0.15) is 84.5 Å². The Kier molecular flexibility index (Phi) is 15.9. The molecule has 2 atom stereocenters. The lowest BCUT2D eigenvalue weighted by Crippen LogP contribution is -2.47. The van der Waals surface area contributed by atoms with Gasteiger partial charge in [0.15, 0.2) is 0 Å². The minimum atomic E-state index is -0.734. The first kappa shape index (κ1) is 38.5. The van der Waals surface area contributed by atoms with Crippen molar-refractivity contribution in [3.05, 3.63) is 113 Å². The highest BCUT2D eigenvalue weighted by molar-refractivity contribution is 5.95. The fourth-order valence-corrected chi connectivity index (χ4v) is 5.64. The zero-order chi connectivity index (χ0) is 36.3. The number of rotatable bonds is 15. The van der Waals surface area contributed by atoms with E-state index in [9.17, 15) is 19.2 Å². The summed E-state index contributed by atoms with van der Waals surface area (Å²) in [5.41, 5.74) is 6.85. The van der Waals surface area contributed by atoms with Gasteiger partial charge in [0, 0.05) is 38.5 Å². The lowest BCUT2D eigenvalue weighted by atomic mass is 9.99. The number of ether oxygens (including phenoxy) is 3. The number of carbonyl (C=O) groups excluding carboxylic acids is 4. The van der Waals surface area contributed by atoms with E-state index < -0.39 is 24.0 Å². The molecule has 12 nitrogen and oxygen atoms in total. The van der Waals surface area contributed by atoms with Crippen molar-refractivity contribution in [1.82, 2.24) is 15.8 Å². The van der Waals surface area contributed by atoms with Crippen LogP contribution in [-0.4, -0.2) is 66.4 Å². The largest absolute Gasteiger partial charge is 0.494 e. The summed E-state index contributed by atoms with van der Waals surface area (Å²) < 4.78 is 17.4. The van der Waals surface area contributed by atoms with Gasteiger partial charge in [0.2, 0.25) is 11.8 Å². The first-order valence-corrected chi connectivity index (χ1v) is 17.1. The van der Waals surface area contributed by atoms with Crippen LogP contribution in [0.2, 0.25) is 0 Å². The molecule has 3 aromatic rings. The minimum Gasteiger partial charge on any atom is -0.494 e. The third-order valence-corrected chi connectivity index (χ3v) is 8.22. The van der Waals surface area contributed by atoms with Crippen LogP contribution < -0.4 is 15.6 Å². The SMILES string of the molecule is COC[C@H]1[C@H](c2ccccc2)OC(=O)CC/C=C/CCC(=O)N1Cc1cccc(/C=N/NC(=O)c2cccc(OCCCCCC(=O)NO)c2)c1. The third kappa shape index (κ3) is 12.8. The maximum atomic E-state index is 13.8. The van der Waals surface area contributed by atoms with E-state index in [-0.39, 0.29) is 44.3 Å². The Balaban J connectivity index is 1.43. The van der Waals surface area contributed by atoms with E-state index in [0.717, 1.165) is 24.0 Å². The molecule has 4 rings (SSSR count). The summed E-state index contributed by atoms with van der Waals surface area (Å²) in [6.07, 6.45) is 8.60. The maximum Gasteiger partial charge on any atom is 0.306 e. The molecule has 0 radical (unpaired) electrons. The number of hydrogen-bond acceptors (Lipinski definition) is 9. The van der Waals surface area contributed by atoms with Crippen LogP contribution in [0.3, 0.4) is 0 Å². The van der Waals surface area contributed by atoms with Crippen molar-refractivity contribution in [1.29, 1.82) is 0 Å². The maximum absolute atomic E-state index is 13.8. The Hall–Kier alpha value is -5.33. The molecule has 0 spiro atoms. The summed E-state index contributed by atoms with van der Waals surface area (Å²) in [6, 6.07) is 23.1. The molecular formula is C39H46N4O8. The molecule has 0 aliphatic carbocycles. The predicted molar refractivity (Wildman–Crippen MR) is 191 cm³/mol. The van der Waals surface area contributed by atoms with Gasteiger partial charge < -0.3 is 19.1 Å². The van der Waals surface area contributed by atoms with Gasteiger partial charge in [-0.25, -0.2) is 10.9 Å². The third-order valence-electron chi connectivity index (χ3n) is 8.22. The number of benzene rings is 3. The molecule has 51 heavy (non-hydrogen) atoms. The molecular weight excluding hydrogens is 652 g/mol. The monoisotopic (exact) mass is 698 g/mol. The van der Waals surface area contributed by atoms with Gasteiger partial charge in [-0.3, -0.25) is 24.4 Å². The zero-order valence-corrected chi connectivity index (χ0v) is 28.9. The van der Waals surface area contributed by atoms with E-state index in [1.165, 1.54) is 6.21 Å². The topological polar surface area (TPSA) is 156 Å². The van der Waals surface area contributed by atoms with Crippen LogP contribution in [0.4, 0.5) is 0 Å². The number of unbranched alkanes of at least 4 members (excludes halogenated alkanes) is 2. The number of amides is 3. The number of carbonyl (C=O) groups is 4. The van der Waals surface area contributed by atoms with E-state index in [4.69, 9.17) is 19.4 Å². The highest BCUT2D eigenvalue weighted by atomic mass is 16.5. The molecule has 0 fully saturated rings. The second-order valence-corrected chi connectivity index (χ2v) is 12.1. The Morgan fingerprint density at radius 1 is 0.961 bits per heavy atom. The van der Waals surface area contributed by atoms with Gasteiger partial charge in [-0.15, -0.1) is 0 Å². The van der Waals surface area contributed by atoms with E-state index in [1.54, 1.807) is 41.8 Å². The quantitative estimate of drug-likeness (QED) is 0.0459. The van der Waals surface area contributed by atoms with Crippen LogP contribution >= 0.6 is 0 Å². The van der Waals surface area contributed by atoms with Gasteiger partial charge in [-0.2, -0.15) is 5.10 Å². The Bertz CT molecular complexity index is 1640. The summed E-state index contributed by atoms with van der Waals surface area (Å²) in [5.74, 6) is -0.728. The smallest absolute Gasteiger partial charge is 0.306 e. The fourth-order valence-electron chi connectivity index (χ4n) is 5.64. The van der Waals surface area contributed by atoms with Crippen molar-refractivity contribution in [2.75, 3.05) is 20.3 Å². The van der Waals surface area contributed by atoms with Crippen molar-refractivity contribution in [2.45, 2.75) is 70.1 Å². The Morgan fingerprint density at radius 3 is 2.53 bits per heavy atom. The van der Waals surface area contributed by atoms with Gasteiger partial charge in [-0.05, 0) is 73.1 Å². The minimum absolute atomic E-state index is 0.0936. The summed E-state index contributed by atoms with van der Waals surface area (Å²) in [7, 11) is 1.56. The number of hydrogen-bond donors (Lipinski definition) is 3. The number of nitrogens with zero attached hydrogens (tertiary/aromatic N) is 2. The standard InChI is InChI=1S/C39H46N4O8/c1-49-28-34-38(31-16-6-4-7-17-31)51-37(46)22-10-3-2-9-21-36(45)43(34)27-30-15-12-14-29(24-30)26-40-41-39(47)32-18-13-19-33(25-32)50-23-11-5-8-20-35(44)42-48/h2-4,6-7,12-19,24-26,34,38,48H,5,8-11,20-23,27-28H2,1H3,(H,41,47)(H,42,44)/b3-2+,40-26+/t34-,38-/m0/s1. The molecule has 1 aliphatic rings. The van der Waals surface area contributed by atoms with Crippen LogP contribution in [0.5, 0.6) is 5.75 Å². The lowest BCUT2D eigenvalue weighted by Gasteiger charge is -2.37. The number of methoxy groups -OCH3 is 1. The first-order valence-electron chi connectivity index (χ1n) is 17.1. The second-order valence-electron chi connectivity index (χ2n) is 12.1. The van der Waals surface area contributed by atoms with E-state index in [0.29, 0.717) is 42.7 Å². The molecule has 0 bridgehead atoms. The lowest BCUT2D eigenvalue weighted by molar-refractivity contribution is -0.159. The molecule has 0 saturated heterocycles. The van der Waals surface area contributed by atoms with Crippen LogP contribution in [0.25, 0.3) is 0 Å². The summed E-state index contributed by atoms with van der Waals surface area (Å²) in [5, 5.41) is 12.7. The number of hydrazone groups is 1. The Labute approximate surface area is 298 Å². The van der Waals surface area contributed by atoms with Crippen molar-refractivity contribution in [3.63, 3.8) is 0 Å². The molecule has 1 aliphatic heterocycles. The number of hydroxylamine groups is 1. The predicted octanol–water partition coefficient (Wildman–Crippen LogP) is 5.65. The molecule has 3 aromatic carbocycles. The number of nitrogens with one attached hydrogen (secondary N) is 2. The van der Waals surface area contributed by atoms with E-state index in [2.05, 4.69) is 10.5 Å². The molecule has 3 N–H and O–H groups in total. The number of cyclic esters (lactones) is 1. The average Bonchev–Trinajstić information content (AvgIpc) is 3.15. The van der Waals surface area contributed by atoms with Crippen molar-refractivity contribution >= 4 is 29.9 Å². The first-order chi connectivity index (χ1) is 24.9. The Morgan fingerprint density at radius 2 is 1.75 bits per heavy atom. The van der Waals surface area contributed by atoms with E-state index in [1.807, 2.05) is 66.7 Å². The second kappa shape index (κ2) is 21.0. The average molecular weight is 699 g/mol. The normalized spacial score (nSPS) is 17.6. The molecule has 3 amide bonds. The number of esters is 1. The van der Waals surface area contributed by atoms with Crippen LogP contribution in [0, 0.1) is 0 Å². The molecule has 12 heteroatoms. The molecule has 0 saturated carbocycles. The van der Waals surface area contributed by atoms with Crippen LogP contribution in [-0.2, 0) is 30.4 Å². The van der Waals surface area contributed by atoms with Crippen molar-refractivity contribution in [3.8, 4) is 5.75 Å². The van der Waals surface area contributed by atoms with Gasteiger partial charge >= 0.3 is 5.97 Å². The van der Waals surface area contributed by atoms with E-state index >= 15 is 0 Å². The summed E-state index contributed by atoms with van der Waals surface area (Å²) in [4.78, 5) is 52.4. The van der Waals surface area contributed by atoms with Crippen molar-refractivity contribution < 1.29 is 38.6 Å². The van der Waals surface area contributed by atoms with Gasteiger partial charge in [0.05, 0.1) is 25.5 Å². The fraction of sp³-hybridized carbons (Fsp3) is 0.359. The van der Waals surface area contributed by atoms with Crippen molar-refractivity contribution in [2.24, 2.45) is 5.10 Å². The molecule has 270 valence electrons. The van der Waals surface area contributed by atoms with Crippen LogP contribution in [0.15, 0.2) is 96.1 Å².